The predicted molar refractivity (Wildman–Crippen MR) is 77.9 cm³/mol. The van der Waals surface area contributed by atoms with Crippen LogP contribution in [0.4, 0.5) is 0 Å². The highest BCUT2D eigenvalue weighted by atomic mass is 16.2. The van der Waals surface area contributed by atoms with Crippen molar-refractivity contribution in [2.75, 3.05) is 13.1 Å². The zero-order valence-corrected chi connectivity index (χ0v) is 12.5. The first-order valence-electron chi connectivity index (χ1n) is 7.81. The lowest BCUT2D eigenvalue weighted by atomic mass is 9.92. The van der Waals surface area contributed by atoms with Gasteiger partial charge >= 0.3 is 0 Å². The van der Waals surface area contributed by atoms with Gasteiger partial charge in [0.2, 0.25) is 5.91 Å². The summed E-state index contributed by atoms with van der Waals surface area (Å²) in [5.74, 6) is -0.0244. The zero-order chi connectivity index (χ0) is 13.9. The van der Waals surface area contributed by atoms with E-state index >= 15 is 0 Å². The SMILES string of the molecule is CC(C)(N)C(=O)NC1CCN(C2CCCCC2)CC1. The molecular formula is C15H29N3O. The summed E-state index contributed by atoms with van der Waals surface area (Å²) in [7, 11) is 0. The van der Waals surface area contributed by atoms with Crippen molar-refractivity contribution in [2.45, 2.75) is 76.4 Å². The van der Waals surface area contributed by atoms with Crippen LogP contribution in [0.15, 0.2) is 0 Å². The van der Waals surface area contributed by atoms with Crippen LogP contribution in [-0.2, 0) is 4.79 Å². The largest absolute Gasteiger partial charge is 0.352 e. The maximum atomic E-state index is 11.9. The molecule has 4 heteroatoms. The highest BCUT2D eigenvalue weighted by Gasteiger charge is 2.29. The van der Waals surface area contributed by atoms with Gasteiger partial charge in [0, 0.05) is 25.2 Å². The summed E-state index contributed by atoms with van der Waals surface area (Å²) >= 11 is 0. The minimum absolute atomic E-state index is 0.0244. The molecule has 1 saturated carbocycles. The lowest BCUT2D eigenvalue weighted by molar-refractivity contribution is -0.126. The van der Waals surface area contributed by atoms with Gasteiger partial charge in [-0.1, -0.05) is 19.3 Å². The number of nitrogens with zero attached hydrogens (tertiary/aromatic N) is 1. The Kier molecular flexibility index (Phi) is 4.85. The molecule has 2 fully saturated rings. The maximum absolute atomic E-state index is 11.9. The monoisotopic (exact) mass is 267 g/mol. The van der Waals surface area contributed by atoms with Crippen molar-refractivity contribution in [3.05, 3.63) is 0 Å². The lowest BCUT2D eigenvalue weighted by Gasteiger charge is -2.39. The van der Waals surface area contributed by atoms with Crippen molar-refractivity contribution in [2.24, 2.45) is 5.73 Å². The summed E-state index contributed by atoms with van der Waals surface area (Å²) in [5.41, 5.74) is 5.05. The molecule has 1 saturated heterocycles. The zero-order valence-electron chi connectivity index (χ0n) is 12.5. The third-order valence-corrected chi connectivity index (χ3v) is 4.54. The number of carbonyl (C=O) groups is 1. The molecule has 0 aromatic rings. The number of likely N-dealkylation sites (tertiary alicyclic amines) is 1. The van der Waals surface area contributed by atoms with Gasteiger partial charge in [-0.2, -0.15) is 0 Å². The Hall–Kier alpha value is -0.610. The smallest absolute Gasteiger partial charge is 0.239 e. The number of hydrogen-bond donors (Lipinski definition) is 2. The van der Waals surface area contributed by atoms with Crippen molar-refractivity contribution in [1.82, 2.24) is 10.2 Å². The molecule has 110 valence electrons. The number of hydrogen-bond acceptors (Lipinski definition) is 3. The molecule has 2 aliphatic rings. The Labute approximate surface area is 117 Å². The average Bonchev–Trinajstić information content (AvgIpc) is 2.39. The average molecular weight is 267 g/mol. The van der Waals surface area contributed by atoms with E-state index in [0.717, 1.165) is 32.0 Å². The van der Waals surface area contributed by atoms with Crippen LogP contribution in [-0.4, -0.2) is 41.5 Å². The number of nitrogens with two attached hydrogens (primary N) is 1. The van der Waals surface area contributed by atoms with E-state index < -0.39 is 5.54 Å². The van der Waals surface area contributed by atoms with Gasteiger partial charge in [0.05, 0.1) is 5.54 Å². The minimum Gasteiger partial charge on any atom is -0.352 e. The summed E-state index contributed by atoms with van der Waals surface area (Å²) in [6.45, 7) is 5.78. The Morgan fingerprint density at radius 1 is 1.11 bits per heavy atom. The molecule has 1 aliphatic heterocycles. The van der Waals surface area contributed by atoms with Gasteiger partial charge in [-0.3, -0.25) is 4.79 Å². The Balaban J connectivity index is 1.74. The first-order valence-corrected chi connectivity index (χ1v) is 7.81. The van der Waals surface area contributed by atoms with Gasteiger partial charge < -0.3 is 16.0 Å². The molecule has 1 amide bonds. The number of amides is 1. The molecule has 1 aliphatic carbocycles. The molecule has 0 radical (unpaired) electrons. The molecule has 4 nitrogen and oxygen atoms in total. The third kappa shape index (κ3) is 4.18. The molecule has 3 N–H and O–H groups in total. The highest BCUT2D eigenvalue weighted by molar-refractivity contribution is 5.85. The summed E-state index contributed by atoms with van der Waals surface area (Å²) in [5, 5.41) is 3.09. The van der Waals surface area contributed by atoms with E-state index in [4.69, 9.17) is 5.73 Å². The first kappa shape index (κ1) is 14.8. The number of rotatable bonds is 3. The van der Waals surface area contributed by atoms with Crippen LogP contribution in [0.1, 0.15) is 58.8 Å². The van der Waals surface area contributed by atoms with Crippen LogP contribution in [0.25, 0.3) is 0 Å². The van der Waals surface area contributed by atoms with Crippen LogP contribution < -0.4 is 11.1 Å². The summed E-state index contributed by atoms with van der Waals surface area (Å²) in [4.78, 5) is 14.5. The van der Waals surface area contributed by atoms with E-state index in [1.165, 1.54) is 32.1 Å². The molecule has 1 heterocycles. The third-order valence-electron chi connectivity index (χ3n) is 4.54. The van der Waals surface area contributed by atoms with Gasteiger partial charge in [-0.15, -0.1) is 0 Å². The van der Waals surface area contributed by atoms with Crippen LogP contribution in [0, 0.1) is 0 Å². The van der Waals surface area contributed by atoms with Crippen LogP contribution >= 0.6 is 0 Å². The summed E-state index contributed by atoms with van der Waals surface area (Å²) in [6, 6.07) is 1.12. The lowest BCUT2D eigenvalue weighted by Crippen LogP contribution is -2.55. The summed E-state index contributed by atoms with van der Waals surface area (Å²) in [6.07, 6.45) is 9.07. The van der Waals surface area contributed by atoms with E-state index in [2.05, 4.69) is 10.2 Å². The van der Waals surface area contributed by atoms with Crippen molar-refractivity contribution in [3.63, 3.8) is 0 Å². The second-order valence-corrected chi connectivity index (χ2v) is 6.80. The van der Waals surface area contributed by atoms with E-state index in [9.17, 15) is 4.79 Å². The van der Waals surface area contributed by atoms with E-state index in [1.54, 1.807) is 13.8 Å². The van der Waals surface area contributed by atoms with Gasteiger partial charge in [-0.05, 0) is 39.5 Å². The molecule has 2 rings (SSSR count). The van der Waals surface area contributed by atoms with E-state index in [-0.39, 0.29) is 5.91 Å². The molecule has 0 atom stereocenters. The van der Waals surface area contributed by atoms with Gasteiger partial charge in [0.25, 0.3) is 0 Å². The minimum atomic E-state index is -0.763. The van der Waals surface area contributed by atoms with Crippen molar-refractivity contribution in [3.8, 4) is 0 Å². The van der Waals surface area contributed by atoms with Crippen LogP contribution in [0.2, 0.25) is 0 Å². The van der Waals surface area contributed by atoms with Gasteiger partial charge in [0.15, 0.2) is 0 Å². The highest BCUT2D eigenvalue weighted by Crippen LogP contribution is 2.25. The predicted octanol–water partition coefficient (Wildman–Crippen LogP) is 1.64. The molecular weight excluding hydrogens is 238 g/mol. The topological polar surface area (TPSA) is 58.4 Å². The van der Waals surface area contributed by atoms with Crippen molar-refractivity contribution >= 4 is 5.91 Å². The van der Waals surface area contributed by atoms with Gasteiger partial charge in [-0.25, -0.2) is 0 Å². The fourth-order valence-electron chi connectivity index (χ4n) is 3.23. The van der Waals surface area contributed by atoms with Gasteiger partial charge in [0.1, 0.15) is 0 Å². The number of piperidine rings is 1. The number of nitrogens with one attached hydrogen (secondary N) is 1. The molecule has 0 unspecified atom stereocenters. The van der Waals surface area contributed by atoms with Crippen LogP contribution in [0.5, 0.6) is 0 Å². The van der Waals surface area contributed by atoms with Crippen molar-refractivity contribution < 1.29 is 4.79 Å². The molecule has 0 bridgehead atoms. The molecule has 0 aromatic heterocycles. The van der Waals surface area contributed by atoms with Crippen molar-refractivity contribution in [1.29, 1.82) is 0 Å². The second-order valence-electron chi connectivity index (χ2n) is 6.80. The first-order chi connectivity index (χ1) is 8.97. The fourth-order valence-corrected chi connectivity index (χ4v) is 3.23. The second kappa shape index (κ2) is 6.23. The molecule has 19 heavy (non-hydrogen) atoms. The van der Waals surface area contributed by atoms with Crippen LogP contribution in [0.3, 0.4) is 0 Å². The Bertz CT molecular complexity index is 297. The quantitative estimate of drug-likeness (QED) is 0.817. The Morgan fingerprint density at radius 2 is 1.68 bits per heavy atom. The molecule has 0 aromatic carbocycles. The molecule has 0 spiro atoms. The Morgan fingerprint density at radius 3 is 2.21 bits per heavy atom. The maximum Gasteiger partial charge on any atom is 0.239 e. The van der Waals surface area contributed by atoms with E-state index in [0.29, 0.717) is 6.04 Å². The summed E-state index contributed by atoms with van der Waals surface area (Å²) < 4.78 is 0. The normalized spacial score (nSPS) is 24.4. The fraction of sp³-hybridized carbons (Fsp3) is 0.933. The standard InChI is InChI=1S/C15H29N3O/c1-15(2,16)14(19)17-12-8-10-18(11-9-12)13-6-4-3-5-7-13/h12-13H,3-11,16H2,1-2H3,(H,17,19). The number of carbonyl (C=O) groups excluding carboxylic acids is 1. The van der Waals surface area contributed by atoms with E-state index in [1.807, 2.05) is 0 Å².